The number of hydrogen-bond donors (Lipinski definition) is 0. The smallest absolute Gasteiger partial charge is 0.233 e. The fourth-order valence-electron chi connectivity index (χ4n) is 4.19. The Bertz CT molecular complexity index is 639. The SMILES string of the molecule is C=CCN1C(=O)CC2(c3cccc(OC)c3)CCCCC2C1=O. The molecule has 1 aromatic carbocycles. The van der Waals surface area contributed by atoms with Gasteiger partial charge in [0.2, 0.25) is 11.8 Å². The van der Waals surface area contributed by atoms with E-state index in [1.807, 2.05) is 24.3 Å². The molecule has 2 unspecified atom stereocenters. The minimum Gasteiger partial charge on any atom is -0.497 e. The molecular weight excluding hydrogens is 290 g/mol. The monoisotopic (exact) mass is 313 g/mol. The van der Waals surface area contributed by atoms with Crippen molar-refractivity contribution in [2.24, 2.45) is 5.92 Å². The van der Waals surface area contributed by atoms with Crippen LogP contribution in [-0.2, 0) is 15.0 Å². The highest BCUT2D eigenvalue weighted by Crippen LogP contribution is 2.50. The maximum Gasteiger partial charge on any atom is 0.233 e. The van der Waals surface area contributed by atoms with Crippen LogP contribution in [-0.4, -0.2) is 30.4 Å². The number of carbonyl (C=O) groups excluding carboxylic acids is 2. The second kappa shape index (κ2) is 6.19. The third-order valence-electron chi connectivity index (χ3n) is 5.32. The molecule has 0 spiro atoms. The van der Waals surface area contributed by atoms with Gasteiger partial charge in [-0.15, -0.1) is 6.58 Å². The number of methoxy groups -OCH3 is 1. The summed E-state index contributed by atoms with van der Waals surface area (Å²) >= 11 is 0. The van der Waals surface area contributed by atoms with Gasteiger partial charge in [0.05, 0.1) is 7.11 Å². The number of fused-ring (bicyclic) bond motifs is 1. The molecule has 1 heterocycles. The standard InChI is InChI=1S/C19H23NO3/c1-3-11-20-17(21)13-19(10-5-4-9-16(19)18(20)22)14-7-6-8-15(12-14)23-2/h3,6-8,12,16H,1,4-5,9-11,13H2,2H3. The molecule has 4 nitrogen and oxygen atoms in total. The number of ether oxygens (including phenoxy) is 1. The van der Waals surface area contributed by atoms with E-state index >= 15 is 0 Å². The summed E-state index contributed by atoms with van der Waals surface area (Å²) in [5.74, 6) is 0.523. The van der Waals surface area contributed by atoms with Crippen molar-refractivity contribution in [1.82, 2.24) is 4.90 Å². The third-order valence-corrected chi connectivity index (χ3v) is 5.32. The largest absolute Gasteiger partial charge is 0.497 e. The lowest BCUT2D eigenvalue weighted by Gasteiger charge is -2.49. The molecule has 4 heteroatoms. The predicted molar refractivity (Wildman–Crippen MR) is 88.2 cm³/mol. The van der Waals surface area contributed by atoms with Crippen LogP contribution < -0.4 is 4.74 Å². The van der Waals surface area contributed by atoms with Gasteiger partial charge in [-0.25, -0.2) is 0 Å². The summed E-state index contributed by atoms with van der Waals surface area (Å²) in [6, 6.07) is 7.86. The third kappa shape index (κ3) is 2.56. The highest BCUT2D eigenvalue weighted by atomic mass is 16.5. The minimum atomic E-state index is -0.376. The van der Waals surface area contributed by atoms with Crippen molar-refractivity contribution in [2.45, 2.75) is 37.5 Å². The van der Waals surface area contributed by atoms with Gasteiger partial charge in [0.1, 0.15) is 5.75 Å². The molecular formula is C19H23NO3. The van der Waals surface area contributed by atoms with Gasteiger partial charge in [0.15, 0.2) is 0 Å². The summed E-state index contributed by atoms with van der Waals surface area (Å²) in [5.41, 5.74) is 0.681. The average molecular weight is 313 g/mol. The van der Waals surface area contributed by atoms with Crippen molar-refractivity contribution in [2.75, 3.05) is 13.7 Å². The maximum atomic E-state index is 12.9. The zero-order valence-electron chi connectivity index (χ0n) is 13.6. The quantitative estimate of drug-likeness (QED) is 0.634. The number of piperidine rings is 1. The molecule has 122 valence electrons. The normalized spacial score (nSPS) is 27.5. The first kappa shape index (κ1) is 15.8. The van der Waals surface area contributed by atoms with Crippen LogP contribution in [0.3, 0.4) is 0 Å². The van der Waals surface area contributed by atoms with E-state index in [9.17, 15) is 9.59 Å². The number of likely N-dealkylation sites (tertiary alicyclic amines) is 1. The van der Waals surface area contributed by atoms with Crippen molar-refractivity contribution in [3.05, 3.63) is 42.5 Å². The number of rotatable bonds is 4. The first-order valence-corrected chi connectivity index (χ1v) is 8.22. The van der Waals surface area contributed by atoms with Gasteiger partial charge in [0, 0.05) is 24.3 Å². The van der Waals surface area contributed by atoms with Gasteiger partial charge in [0.25, 0.3) is 0 Å². The summed E-state index contributed by atoms with van der Waals surface area (Å²) in [5, 5.41) is 0. The van der Waals surface area contributed by atoms with E-state index in [0.29, 0.717) is 13.0 Å². The molecule has 3 rings (SSSR count). The lowest BCUT2D eigenvalue weighted by Crippen LogP contribution is -2.57. The minimum absolute atomic E-state index is 0.0383. The molecule has 2 atom stereocenters. The molecule has 2 amide bonds. The van der Waals surface area contributed by atoms with Crippen LogP contribution in [0.15, 0.2) is 36.9 Å². The van der Waals surface area contributed by atoms with E-state index in [2.05, 4.69) is 6.58 Å². The molecule has 2 aliphatic rings. The van der Waals surface area contributed by atoms with Crippen LogP contribution in [0.1, 0.15) is 37.7 Å². The second-order valence-electron chi connectivity index (χ2n) is 6.49. The van der Waals surface area contributed by atoms with E-state index in [0.717, 1.165) is 37.0 Å². The Hall–Kier alpha value is -2.10. The number of nitrogens with zero attached hydrogens (tertiary/aromatic N) is 1. The highest BCUT2D eigenvalue weighted by molar-refractivity contribution is 6.01. The topological polar surface area (TPSA) is 46.6 Å². The Kier molecular flexibility index (Phi) is 4.24. The highest BCUT2D eigenvalue weighted by Gasteiger charge is 2.53. The van der Waals surface area contributed by atoms with Crippen LogP contribution in [0.4, 0.5) is 0 Å². The lowest BCUT2D eigenvalue weighted by molar-refractivity contribution is -0.157. The van der Waals surface area contributed by atoms with Crippen molar-refractivity contribution < 1.29 is 14.3 Å². The van der Waals surface area contributed by atoms with Gasteiger partial charge in [-0.2, -0.15) is 0 Å². The molecule has 1 saturated carbocycles. The van der Waals surface area contributed by atoms with E-state index < -0.39 is 0 Å². The van der Waals surface area contributed by atoms with Crippen LogP contribution >= 0.6 is 0 Å². The number of amides is 2. The molecule has 23 heavy (non-hydrogen) atoms. The van der Waals surface area contributed by atoms with E-state index in [4.69, 9.17) is 4.74 Å². The van der Waals surface area contributed by atoms with Crippen LogP contribution in [0.5, 0.6) is 5.75 Å². The molecule has 1 aliphatic carbocycles. The molecule has 1 aromatic rings. The van der Waals surface area contributed by atoms with Crippen molar-refractivity contribution in [1.29, 1.82) is 0 Å². The number of benzene rings is 1. The van der Waals surface area contributed by atoms with Gasteiger partial charge in [-0.3, -0.25) is 14.5 Å². The molecule has 2 fully saturated rings. The second-order valence-corrected chi connectivity index (χ2v) is 6.49. The maximum absolute atomic E-state index is 12.9. The average Bonchev–Trinajstić information content (AvgIpc) is 2.58. The summed E-state index contributed by atoms with van der Waals surface area (Å²) in [7, 11) is 1.64. The lowest BCUT2D eigenvalue weighted by atomic mass is 9.58. The molecule has 0 N–H and O–H groups in total. The molecule has 1 saturated heterocycles. The molecule has 0 radical (unpaired) electrons. The summed E-state index contributed by atoms with van der Waals surface area (Å²) in [6.45, 7) is 3.97. The Labute approximate surface area is 137 Å². The Morgan fingerprint density at radius 1 is 1.39 bits per heavy atom. The van der Waals surface area contributed by atoms with Gasteiger partial charge in [-0.1, -0.05) is 31.1 Å². The van der Waals surface area contributed by atoms with Crippen molar-refractivity contribution >= 4 is 11.8 Å². The summed E-state index contributed by atoms with van der Waals surface area (Å²) in [4.78, 5) is 26.9. The summed E-state index contributed by atoms with van der Waals surface area (Å²) in [6.07, 6.45) is 5.83. The number of carbonyl (C=O) groups is 2. The predicted octanol–water partition coefficient (Wildman–Crippen LogP) is 3.07. The zero-order chi connectivity index (χ0) is 16.4. The first-order valence-electron chi connectivity index (χ1n) is 8.22. The zero-order valence-corrected chi connectivity index (χ0v) is 13.6. The Morgan fingerprint density at radius 3 is 2.96 bits per heavy atom. The Balaban J connectivity index is 2.05. The van der Waals surface area contributed by atoms with E-state index in [1.54, 1.807) is 13.2 Å². The fourth-order valence-corrected chi connectivity index (χ4v) is 4.19. The van der Waals surface area contributed by atoms with Crippen molar-refractivity contribution in [3.63, 3.8) is 0 Å². The van der Waals surface area contributed by atoms with Crippen LogP contribution in [0.2, 0.25) is 0 Å². The van der Waals surface area contributed by atoms with Crippen molar-refractivity contribution in [3.8, 4) is 5.75 Å². The first-order chi connectivity index (χ1) is 11.1. The molecule has 1 aliphatic heterocycles. The van der Waals surface area contributed by atoms with Gasteiger partial charge in [-0.05, 0) is 30.5 Å². The number of hydrogen-bond acceptors (Lipinski definition) is 3. The fraction of sp³-hybridized carbons (Fsp3) is 0.474. The van der Waals surface area contributed by atoms with Gasteiger partial charge >= 0.3 is 0 Å². The van der Waals surface area contributed by atoms with Crippen LogP contribution in [0, 0.1) is 5.92 Å². The Morgan fingerprint density at radius 2 is 2.22 bits per heavy atom. The van der Waals surface area contributed by atoms with E-state index in [1.165, 1.54) is 4.90 Å². The molecule has 0 bridgehead atoms. The number of imide groups is 1. The van der Waals surface area contributed by atoms with Gasteiger partial charge < -0.3 is 4.74 Å². The van der Waals surface area contributed by atoms with Crippen LogP contribution in [0.25, 0.3) is 0 Å². The van der Waals surface area contributed by atoms with E-state index in [-0.39, 0.29) is 23.1 Å². The molecule has 0 aromatic heterocycles. The summed E-state index contributed by atoms with van der Waals surface area (Å²) < 4.78 is 5.34.